The van der Waals surface area contributed by atoms with Crippen LogP contribution in [0, 0.1) is 25.2 Å². The van der Waals surface area contributed by atoms with Gasteiger partial charge in [0.25, 0.3) is 5.91 Å². The van der Waals surface area contributed by atoms with E-state index in [0.717, 1.165) is 16.8 Å². The highest BCUT2D eigenvalue weighted by atomic mass is 32.1. The Balaban J connectivity index is 2.49. The lowest BCUT2D eigenvalue weighted by atomic mass is 10.1. The molecular formula is C17H16N4O2S. The first-order chi connectivity index (χ1) is 11.3. The number of nitrogens with zero attached hydrogens (tertiary/aromatic N) is 3. The highest BCUT2D eigenvalue weighted by Crippen LogP contribution is 2.32. The second kappa shape index (κ2) is 7.06. The van der Waals surface area contributed by atoms with Gasteiger partial charge >= 0.3 is 0 Å². The van der Waals surface area contributed by atoms with Crippen molar-refractivity contribution in [2.24, 2.45) is 5.73 Å². The summed E-state index contributed by atoms with van der Waals surface area (Å²) in [4.78, 5) is 29.1. The van der Waals surface area contributed by atoms with Gasteiger partial charge < -0.3 is 5.73 Å². The number of nitriles is 1. The number of hydrogen-bond acceptors (Lipinski definition) is 5. The van der Waals surface area contributed by atoms with Crippen LogP contribution in [0.25, 0.3) is 6.08 Å². The van der Waals surface area contributed by atoms with Crippen molar-refractivity contribution in [2.45, 2.75) is 20.8 Å². The fourth-order valence-corrected chi connectivity index (χ4v) is 2.97. The van der Waals surface area contributed by atoms with Gasteiger partial charge in [0.1, 0.15) is 11.6 Å². The molecule has 0 saturated heterocycles. The Morgan fingerprint density at radius 2 is 2.08 bits per heavy atom. The van der Waals surface area contributed by atoms with Crippen molar-refractivity contribution in [1.82, 2.24) is 4.98 Å². The van der Waals surface area contributed by atoms with Gasteiger partial charge in [0, 0.05) is 12.3 Å². The van der Waals surface area contributed by atoms with E-state index in [-0.39, 0.29) is 11.5 Å². The number of carbonyl (C=O) groups is 2. The summed E-state index contributed by atoms with van der Waals surface area (Å²) in [5.74, 6) is -0.992. The first-order valence-corrected chi connectivity index (χ1v) is 7.97. The van der Waals surface area contributed by atoms with Crippen LogP contribution in [0.3, 0.4) is 0 Å². The third-order valence-corrected chi connectivity index (χ3v) is 4.36. The molecule has 1 aromatic heterocycles. The van der Waals surface area contributed by atoms with Crippen LogP contribution < -0.4 is 10.6 Å². The maximum Gasteiger partial charge on any atom is 0.259 e. The van der Waals surface area contributed by atoms with E-state index in [1.165, 1.54) is 29.2 Å². The van der Waals surface area contributed by atoms with E-state index < -0.39 is 5.91 Å². The molecule has 0 aliphatic heterocycles. The van der Waals surface area contributed by atoms with Gasteiger partial charge in [-0.05, 0) is 37.1 Å². The summed E-state index contributed by atoms with van der Waals surface area (Å²) in [6, 6.07) is 7.43. The first kappa shape index (κ1) is 17.4. The number of hydrogen-bond donors (Lipinski definition) is 1. The summed E-state index contributed by atoms with van der Waals surface area (Å²) in [5.41, 5.74) is 8.14. The predicted molar refractivity (Wildman–Crippen MR) is 93.6 cm³/mol. The van der Waals surface area contributed by atoms with Crippen molar-refractivity contribution < 1.29 is 9.59 Å². The van der Waals surface area contributed by atoms with Crippen molar-refractivity contribution in [2.75, 3.05) is 4.90 Å². The number of carbonyl (C=O) groups excluding carboxylic acids is 2. The van der Waals surface area contributed by atoms with Crippen LogP contribution in [0.1, 0.15) is 23.7 Å². The van der Waals surface area contributed by atoms with Gasteiger partial charge in [-0.25, -0.2) is 4.98 Å². The molecule has 6 nitrogen and oxygen atoms in total. The van der Waals surface area contributed by atoms with Gasteiger partial charge in [-0.1, -0.05) is 12.1 Å². The van der Waals surface area contributed by atoms with E-state index in [0.29, 0.717) is 10.8 Å². The molecule has 2 N–H and O–H groups in total. The zero-order valence-corrected chi connectivity index (χ0v) is 14.3. The summed E-state index contributed by atoms with van der Waals surface area (Å²) in [6.07, 6.45) is 1.31. The van der Waals surface area contributed by atoms with Crippen molar-refractivity contribution in [3.63, 3.8) is 0 Å². The second-order valence-electron chi connectivity index (χ2n) is 5.16. The van der Waals surface area contributed by atoms with Crippen LogP contribution in [-0.2, 0) is 9.59 Å². The predicted octanol–water partition coefficient (Wildman–Crippen LogP) is 2.84. The maximum absolute atomic E-state index is 12.2. The van der Waals surface area contributed by atoms with Crippen molar-refractivity contribution in [3.05, 3.63) is 46.0 Å². The van der Waals surface area contributed by atoms with Gasteiger partial charge in [0.2, 0.25) is 5.91 Å². The standard InChI is InChI=1S/C17H16N4O2S/c1-10-5-4-6-15(11(10)2)21(12(3)22)17-20-14(9-24-17)7-13(8-18)16(19)23/h4-7,9H,1-3H3,(H2,19,23)/b13-7+. The van der Waals surface area contributed by atoms with Gasteiger partial charge in [0.15, 0.2) is 5.13 Å². The molecule has 0 unspecified atom stereocenters. The third-order valence-electron chi connectivity index (χ3n) is 3.51. The molecule has 2 aromatic rings. The summed E-state index contributed by atoms with van der Waals surface area (Å²) < 4.78 is 0. The lowest BCUT2D eigenvalue weighted by Crippen LogP contribution is -2.23. The highest BCUT2D eigenvalue weighted by Gasteiger charge is 2.20. The zero-order valence-electron chi connectivity index (χ0n) is 13.5. The van der Waals surface area contributed by atoms with E-state index in [1.807, 2.05) is 32.0 Å². The van der Waals surface area contributed by atoms with E-state index >= 15 is 0 Å². The van der Waals surface area contributed by atoms with E-state index in [9.17, 15) is 9.59 Å². The minimum atomic E-state index is -0.815. The average molecular weight is 340 g/mol. The number of primary amides is 1. The van der Waals surface area contributed by atoms with Gasteiger partial charge in [-0.15, -0.1) is 11.3 Å². The average Bonchev–Trinajstić information content (AvgIpc) is 2.97. The first-order valence-electron chi connectivity index (χ1n) is 7.09. The fraction of sp³-hybridized carbons (Fsp3) is 0.176. The Bertz CT molecular complexity index is 877. The molecule has 7 heteroatoms. The van der Waals surface area contributed by atoms with Crippen molar-refractivity contribution in [3.8, 4) is 6.07 Å². The van der Waals surface area contributed by atoms with E-state index in [1.54, 1.807) is 11.4 Å². The number of amides is 2. The Hall–Kier alpha value is -2.98. The van der Waals surface area contributed by atoms with Gasteiger partial charge in [0.05, 0.1) is 11.4 Å². The Morgan fingerprint density at radius 1 is 1.38 bits per heavy atom. The fourth-order valence-electron chi connectivity index (χ4n) is 2.14. The second-order valence-corrected chi connectivity index (χ2v) is 6.00. The molecule has 0 saturated carbocycles. The minimum absolute atomic E-state index is 0.177. The number of benzene rings is 1. The molecule has 1 heterocycles. The lowest BCUT2D eigenvalue weighted by Gasteiger charge is -2.21. The van der Waals surface area contributed by atoms with E-state index in [2.05, 4.69) is 4.98 Å². The number of aryl methyl sites for hydroxylation is 1. The number of thiazole rings is 1. The molecule has 122 valence electrons. The SMILES string of the molecule is CC(=O)N(c1nc(/C=C(\C#N)C(N)=O)cs1)c1cccc(C)c1C. The van der Waals surface area contributed by atoms with Crippen LogP contribution >= 0.6 is 11.3 Å². The number of anilines is 2. The Labute approximate surface area is 143 Å². The third kappa shape index (κ3) is 3.50. The van der Waals surface area contributed by atoms with Crippen LogP contribution in [0.4, 0.5) is 10.8 Å². The number of aromatic nitrogens is 1. The molecule has 0 spiro atoms. The van der Waals surface area contributed by atoms with Crippen LogP contribution in [0.15, 0.2) is 29.2 Å². The van der Waals surface area contributed by atoms with Crippen LogP contribution in [-0.4, -0.2) is 16.8 Å². The van der Waals surface area contributed by atoms with Crippen LogP contribution in [0.2, 0.25) is 0 Å². The Morgan fingerprint density at radius 3 is 2.67 bits per heavy atom. The maximum atomic E-state index is 12.2. The quantitative estimate of drug-likeness (QED) is 0.683. The van der Waals surface area contributed by atoms with Gasteiger partial charge in [-0.2, -0.15) is 5.26 Å². The molecule has 0 atom stereocenters. The number of rotatable bonds is 4. The largest absolute Gasteiger partial charge is 0.365 e. The molecule has 0 fully saturated rings. The Kier molecular flexibility index (Phi) is 5.11. The molecule has 0 radical (unpaired) electrons. The minimum Gasteiger partial charge on any atom is -0.365 e. The van der Waals surface area contributed by atoms with E-state index in [4.69, 9.17) is 11.0 Å². The van der Waals surface area contributed by atoms with Crippen molar-refractivity contribution in [1.29, 1.82) is 5.26 Å². The van der Waals surface area contributed by atoms with Gasteiger partial charge in [-0.3, -0.25) is 14.5 Å². The number of nitrogens with two attached hydrogens (primary N) is 1. The molecule has 24 heavy (non-hydrogen) atoms. The monoisotopic (exact) mass is 340 g/mol. The topological polar surface area (TPSA) is 100 Å². The summed E-state index contributed by atoms with van der Waals surface area (Å²) in [6.45, 7) is 5.37. The van der Waals surface area contributed by atoms with Crippen molar-refractivity contribution >= 4 is 40.0 Å². The summed E-state index contributed by atoms with van der Waals surface area (Å²) in [5, 5.41) is 11.0. The molecule has 0 aliphatic carbocycles. The normalized spacial score (nSPS) is 11.0. The highest BCUT2D eigenvalue weighted by molar-refractivity contribution is 7.14. The summed E-state index contributed by atoms with van der Waals surface area (Å²) in [7, 11) is 0. The van der Waals surface area contributed by atoms with Crippen LogP contribution in [0.5, 0.6) is 0 Å². The molecule has 0 bridgehead atoms. The molecule has 2 rings (SSSR count). The smallest absolute Gasteiger partial charge is 0.259 e. The molecule has 1 aromatic carbocycles. The molecule has 2 amide bonds. The zero-order chi connectivity index (χ0) is 17.9. The summed E-state index contributed by atoms with van der Waals surface area (Å²) >= 11 is 1.25. The molecular weight excluding hydrogens is 324 g/mol. The lowest BCUT2D eigenvalue weighted by molar-refractivity contribution is -0.116. The molecule has 0 aliphatic rings.